The van der Waals surface area contributed by atoms with Gasteiger partial charge in [-0.25, -0.2) is 9.59 Å². The van der Waals surface area contributed by atoms with E-state index in [1.54, 1.807) is 16.7 Å². The molecule has 116 valence electrons. The second-order valence-corrected chi connectivity index (χ2v) is 7.41. The van der Waals surface area contributed by atoms with E-state index in [0.717, 1.165) is 12.2 Å². The molecule has 0 radical (unpaired) electrons. The fourth-order valence-corrected chi connectivity index (χ4v) is 2.86. The zero-order chi connectivity index (χ0) is 15.3. The molecule has 1 fully saturated rings. The van der Waals surface area contributed by atoms with E-state index in [9.17, 15) is 9.59 Å². The molecule has 2 atom stereocenters. The summed E-state index contributed by atoms with van der Waals surface area (Å²) in [4.78, 5) is 25.0. The number of likely N-dealkylation sites (tertiary alicyclic amines) is 1. The highest BCUT2D eigenvalue weighted by Gasteiger charge is 2.34. The van der Waals surface area contributed by atoms with E-state index in [1.807, 2.05) is 6.26 Å². The monoisotopic (exact) mass is 302 g/mol. The van der Waals surface area contributed by atoms with Crippen LogP contribution in [0.4, 0.5) is 4.79 Å². The zero-order valence-corrected chi connectivity index (χ0v) is 13.6. The Kier molecular flexibility index (Phi) is 6.17. The van der Waals surface area contributed by atoms with Crippen molar-refractivity contribution in [2.45, 2.75) is 39.7 Å². The maximum absolute atomic E-state index is 12.1. The Morgan fingerprint density at radius 2 is 2.10 bits per heavy atom. The maximum atomic E-state index is 12.1. The van der Waals surface area contributed by atoms with Crippen LogP contribution in [-0.4, -0.2) is 53.1 Å². The number of rotatable bonds is 5. The van der Waals surface area contributed by atoms with E-state index in [1.165, 1.54) is 0 Å². The largest absolute Gasteiger partial charge is 0.480 e. The number of nitrogens with zero attached hydrogens (tertiary/aromatic N) is 1. The molecule has 20 heavy (non-hydrogen) atoms. The van der Waals surface area contributed by atoms with Crippen LogP contribution in [-0.2, 0) is 4.79 Å². The van der Waals surface area contributed by atoms with Crippen LogP contribution in [0.25, 0.3) is 0 Å². The summed E-state index contributed by atoms with van der Waals surface area (Å²) in [6, 6.07) is -1.03. The predicted molar refractivity (Wildman–Crippen MR) is 82.1 cm³/mol. The first-order chi connectivity index (χ1) is 9.25. The van der Waals surface area contributed by atoms with E-state index >= 15 is 0 Å². The number of nitrogens with one attached hydrogen (secondary N) is 1. The summed E-state index contributed by atoms with van der Waals surface area (Å²) in [6.07, 6.45) is 3.37. The quantitative estimate of drug-likeness (QED) is 0.817. The number of carbonyl (C=O) groups excluding carboxylic acids is 1. The first-order valence-electron chi connectivity index (χ1n) is 7.03. The molecular formula is C14H26N2O3S. The Labute approximate surface area is 125 Å². The SMILES string of the molecule is CSCC[C@H](NC(=O)N1CCC(C(C)(C)C)C1)C(=O)O. The number of carboxylic acid groups (broad SMARTS) is 1. The average molecular weight is 302 g/mol. The molecule has 1 unspecified atom stereocenters. The molecule has 1 saturated heterocycles. The zero-order valence-electron chi connectivity index (χ0n) is 12.8. The van der Waals surface area contributed by atoms with Crippen LogP contribution in [0.2, 0.25) is 0 Å². The van der Waals surface area contributed by atoms with Gasteiger partial charge in [-0.15, -0.1) is 0 Å². The van der Waals surface area contributed by atoms with Crippen molar-refractivity contribution in [3.05, 3.63) is 0 Å². The van der Waals surface area contributed by atoms with Crippen molar-refractivity contribution in [2.24, 2.45) is 11.3 Å². The molecule has 0 spiro atoms. The lowest BCUT2D eigenvalue weighted by atomic mass is 9.80. The molecule has 1 heterocycles. The van der Waals surface area contributed by atoms with Gasteiger partial charge in [0.2, 0.25) is 0 Å². The molecule has 2 N–H and O–H groups in total. The summed E-state index contributed by atoms with van der Waals surface area (Å²) in [6.45, 7) is 7.96. The minimum atomic E-state index is -0.959. The number of thioether (sulfide) groups is 1. The third-order valence-electron chi connectivity index (χ3n) is 3.91. The second kappa shape index (κ2) is 7.20. The van der Waals surface area contributed by atoms with Crippen LogP contribution < -0.4 is 5.32 Å². The van der Waals surface area contributed by atoms with E-state index in [-0.39, 0.29) is 11.4 Å². The van der Waals surface area contributed by atoms with Gasteiger partial charge in [0.25, 0.3) is 0 Å². The number of carboxylic acids is 1. The Hall–Kier alpha value is -0.910. The first-order valence-corrected chi connectivity index (χ1v) is 8.42. The lowest BCUT2D eigenvalue weighted by Crippen LogP contribution is -2.47. The van der Waals surface area contributed by atoms with E-state index in [4.69, 9.17) is 5.11 Å². The minimum Gasteiger partial charge on any atom is -0.480 e. The number of hydrogen-bond donors (Lipinski definition) is 2. The molecule has 1 aliphatic rings. The van der Waals surface area contributed by atoms with Gasteiger partial charge in [-0.2, -0.15) is 11.8 Å². The van der Waals surface area contributed by atoms with Crippen LogP contribution in [0.5, 0.6) is 0 Å². The Bertz CT molecular complexity index is 355. The average Bonchev–Trinajstić information content (AvgIpc) is 2.83. The lowest BCUT2D eigenvalue weighted by Gasteiger charge is -2.27. The van der Waals surface area contributed by atoms with Gasteiger partial charge in [0.1, 0.15) is 6.04 Å². The van der Waals surface area contributed by atoms with Crippen molar-refractivity contribution in [1.82, 2.24) is 10.2 Å². The fourth-order valence-electron chi connectivity index (χ4n) is 2.39. The Morgan fingerprint density at radius 3 is 2.55 bits per heavy atom. The first kappa shape index (κ1) is 17.1. The molecule has 0 aromatic heterocycles. The smallest absolute Gasteiger partial charge is 0.326 e. The van der Waals surface area contributed by atoms with E-state index in [2.05, 4.69) is 26.1 Å². The summed E-state index contributed by atoms with van der Waals surface area (Å²) in [7, 11) is 0. The third kappa shape index (κ3) is 4.89. The molecule has 6 heteroatoms. The molecule has 1 aliphatic heterocycles. The minimum absolute atomic E-state index is 0.181. The van der Waals surface area contributed by atoms with Gasteiger partial charge in [0, 0.05) is 13.1 Å². The van der Waals surface area contributed by atoms with Gasteiger partial charge in [-0.3, -0.25) is 0 Å². The van der Waals surface area contributed by atoms with Crippen molar-refractivity contribution in [3.8, 4) is 0 Å². The number of carbonyl (C=O) groups is 2. The Balaban J connectivity index is 2.52. The number of urea groups is 1. The number of amides is 2. The molecule has 0 saturated carbocycles. The molecule has 1 rings (SSSR count). The highest BCUT2D eigenvalue weighted by Crippen LogP contribution is 2.33. The normalized spacial score (nSPS) is 20.8. The molecule has 2 amide bonds. The van der Waals surface area contributed by atoms with Crippen molar-refractivity contribution >= 4 is 23.8 Å². The van der Waals surface area contributed by atoms with Crippen molar-refractivity contribution in [3.63, 3.8) is 0 Å². The van der Waals surface area contributed by atoms with E-state index < -0.39 is 12.0 Å². The summed E-state index contributed by atoms with van der Waals surface area (Å²) >= 11 is 1.58. The third-order valence-corrected chi connectivity index (χ3v) is 4.55. The molecule has 5 nitrogen and oxygen atoms in total. The van der Waals surface area contributed by atoms with Crippen LogP contribution in [0, 0.1) is 11.3 Å². The van der Waals surface area contributed by atoms with Crippen LogP contribution in [0.3, 0.4) is 0 Å². The summed E-state index contributed by atoms with van der Waals surface area (Å²) in [5.74, 6) is 0.240. The highest BCUT2D eigenvalue weighted by atomic mass is 32.2. The van der Waals surface area contributed by atoms with E-state index in [0.29, 0.717) is 25.4 Å². The van der Waals surface area contributed by atoms with Gasteiger partial charge >= 0.3 is 12.0 Å². The standard InChI is InChI=1S/C14H26N2O3S/c1-14(2,3)10-5-7-16(9-10)13(19)15-11(12(17)18)6-8-20-4/h10-11H,5-9H2,1-4H3,(H,15,19)(H,17,18)/t10?,11-/m0/s1. The predicted octanol–water partition coefficient (Wildman–Crippen LogP) is 2.27. The van der Waals surface area contributed by atoms with Crippen molar-refractivity contribution in [1.29, 1.82) is 0 Å². The number of hydrogen-bond acceptors (Lipinski definition) is 3. The van der Waals surface area contributed by atoms with Gasteiger partial charge in [-0.05, 0) is 36.2 Å². The Morgan fingerprint density at radius 1 is 1.45 bits per heavy atom. The van der Waals surface area contributed by atoms with Crippen molar-refractivity contribution < 1.29 is 14.7 Å². The van der Waals surface area contributed by atoms with Gasteiger partial charge in [0.05, 0.1) is 0 Å². The summed E-state index contributed by atoms with van der Waals surface area (Å²) in [5, 5.41) is 11.8. The molecule has 0 aliphatic carbocycles. The van der Waals surface area contributed by atoms with Crippen LogP contribution in [0.1, 0.15) is 33.6 Å². The number of aliphatic carboxylic acids is 1. The highest BCUT2D eigenvalue weighted by molar-refractivity contribution is 7.98. The summed E-state index contributed by atoms with van der Waals surface area (Å²) < 4.78 is 0. The van der Waals surface area contributed by atoms with Crippen LogP contribution >= 0.6 is 11.8 Å². The summed E-state index contributed by atoms with van der Waals surface area (Å²) in [5.41, 5.74) is 0.181. The molecule has 0 bridgehead atoms. The van der Waals surface area contributed by atoms with Gasteiger partial charge in [0.15, 0.2) is 0 Å². The molecular weight excluding hydrogens is 276 g/mol. The topological polar surface area (TPSA) is 69.6 Å². The van der Waals surface area contributed by atoms with Gasteiger partial charge in [-0.1, -0.05) is 20.8 Å². The maximum Gasteiger partial charge on any atom is 0.326 e. The fraction of sp³-hybridized carbons (Fsp3) is 0.857. The second-order valence-electron chi connectivity index (χ2n) is 6.42. The lowest BCUT2D eigenvalue weighted by molar-refractivity contribution is -0.139. The van der Waals surface area contributed by atoms with Gasteiger partial charge < -0.3 is 15.3 Å². The van der Waals surface area contributed by atoms with Crippen molar-refractivity contribution in [2.75, 3.05) is 25.1 Å². The van der Waals surface area contributed by atoms with Crippen LogP contribution in [0.15, 0.2) is 0 Å². The molecule has 0 aromatic rings. The molecule has 0 aromatic carbocycles.